The Kier molecular flexibility index (Phi) is 4.93. The molecule has 1 fully saturated rings. The molecule has 7 nitrogen and oxygen atoms in total. The summed E-state index contributed by atoms with van der Waals surface area (Å²) < 4.78 is 28.1. The maximum Gasteiger partial charge on any atom is 0.407 e. The van der Waals surface area contributed by atoms with Crippen LogP contribution in [0.4, 0.5) is 4.79 Å². The number of ether oxygens (including phenoxy) is 1. The van der Waals surface area contributed by atoms with E-state index in [4.69, 9.17) is 9.84 Å². The smallest absolute Gasteiger partial charge is 0.407 e. The molecule has 1 amide bonds. The van der Waals surface area contributed by atoms with E-state index in [0.717, 1.165) is 11.8 Å². The number of sulfone groups is 1. The minimum Gasteiger partial charge on any atom is -0.481 e. The molecule has 1 saturated carbocycles. The number of hydrogen-bond donors (Lipinski definition) is 2. The van der Waals surface area contributed by atoms with Crippen LogP contribution in [-0.2, 0) is 26.0 Å². The standard InChI is InChI=1S/C15H19NO6S/c1-23(20,21)12-7-15(8-12,9-13(17)18)16-14(19)22-10-11-5-3-2-4-6-11/h2-6,12H,7-10H2,1H3,(H,16,19)(H,17,18). The molecule has 1 aliphatic carbocycles. The molecule has 0 saturated heterocycles. The third-order valence-electron chi connectivity index (χ3n) is 3.91. The van der Waals surface area contributed by atoms with E-state index in [1.54, 1.807) is 12.1 Å². The van der Waals surface area contributed by atoms with Crippen LogP contribution in [0.1, 0.15) is 24.8 Å². The fourth-order valence-electron chi connectivity index (χ4n) is 2.67. The second-order valence-electron chi connectivity index (χ2n) is 5.90. The van der Waals surface area contributed by atoms with Crippen LogP contribution in [-0.4, -0.2) is 42.6 Å². The number of nitrogens with one attached hydrogen (secondary N) is 1. The van der Waals surface area contributed by atoms with Gasteiger partial charge in [-0.2, -0.15) is 0 Å². The van der Waals surface area contributed by atoms with Gasteiger partial charge in [-0.15, -0.1) is 0 Å². The fourth-order valence-corrected chi connectivity index (χ4v) is 3.91. The quantitative estimate of drug-likeness (QED) is 0.808. The lowest BCUT2D eigenvalue weighted by Crippen LogP contribution is -2.62. The van der Waals surface area contributed by atoms with Crippen LogP contribution in [0, 0.1) is 0 Å². The van der Waals surface area contributed by atoms with Crippen LogP contribution in [0.25, 0.3) is 0 Å². The van der Waals surface area contributed by atoms with Gasteiger partial charge in [-0.25, -0.2) is 13.2 Å². The van der Waals surface area contributed by atoms with Gasteiger partial charge in [-0.1, -0.05) is 30.3 Å². The van der Waals surface area contributed by atoms with E-state index in [1.807, 2.05) is 18.2 Å². The lowest BCUT2D eigenvalue weighted by atomic mass is 9.74. The third-order valence-corrected chi connectivity index (χ3v) is 5.46. The predicted molar refractivity (Wildman–Crippen MR) is 82.6 cm³/mol. The maximum absolute atomic E-state index is 11.9. The van der Waals surface area contributed by atoms with Crippen LogP contribution in [0.2, 0.25) is 0 Å². The van der Waals surface area contributed by atoms with Crippen molar-refractivity contribution in [3.63, 3.8) is 0 Å². The van der Waals surface area contributed by atoms with Gasteiger partial charge in [0.1, 0.15) is 16.4 Å². The van der Waals surface area contributed by atoms with Crippen molar-refractivity contribution in [3.05, 3.63) is 35.9 Å². The number of carbonyl (C=O) groups is 2. The van der Waals surface area contributed by atoms with Gasteiger partial charge in [-0.05, 0) is 18.4 Å². The van der Waals surface area contributed by atoms with Crippen molar-refractivity contribution >= 4 is 21.9 Å². The molecule has 1 aromatic carbocycles. The van der Waals surface area contributed by atoms with Gasteiger partial charge in [-0.3, -0.25) is 4.79 Å². The Morgan fingerprint density at radius 2 is 1.91 bits per heavy atom. The number of carbonyl (C=O) groups excluding carboxylic acids is 1. The molecule has 0 unspecified atom stereocenters. The van der Waals surface area contributed by atoms with E-state index >= 15 is 0 Å². The summed E-state index contributed by atoms with van der Waals surface area (Å²) in [5.41, 5.74) is -0.259. The zero-order valence-electron chi connectivity index (χ0n) is 12.7. The Bertz CT molecular complexity index is 679. The summed E-state index contributed by atoms with van der Waals surface area (Å²) in [6.07, 6.45) is 0.189. The first-order chi connectivity index (χ1) is 10.7. The highest BCUT2D eigenvalue weighted by atomic mass is 32.2. The minimum absolute atomic E-state index is 0.0608. The van der Waals surface area contributed by atoms with Gasteiger partial charge in [0.25, 0.3) is 0 Å². The van der Waals surface area contributed by atoms with Gasteiger partial charge < -0.3 is 15.2 Å². The molecule has 2 rings (SSSR count). The summed E-state index contributed by atoms with van der Waals surface area (Å²) >= 11 is 0. The van der Waals surface area contributed by atoms with Gasteiger partial charge >= 0.3 is 12.1 Å². The van der Waals surface area contributed by atoms with Crippen LogP contribution < -0.4 is 5.32 Å². The molecule has 23 heavy (non-hydrogen) atoms. The van der Waals surface area contributed by atoms with Crippen molar-refractivity contribution in [2.45, 2.75) is 36.7 Å². The molecule has 0 aromatic heterocycles. The van der Waals surface area contributed by atoms with Crippen molar-refractivity contribution in [2.75, 3.05) is 6.26 Å². The Morgan fingerprint density at radius 3 is 2.43 bits per heavy atom. The number of rotatable bonds is 6. The van der Waals surface area contributed by atoms with E-state index in [0.29, 0.717) is 0 Å². The fraction of sp³-hybridized carbons (Fsp3) is 0.467. The molecule has 0 aliphatic heterocycles. The minimum atomic E-state index is -3.25. The molecular formula is C15H19NO6S. The van der Waals surface area contributed by atoms with E-state index in [9.17, 15) is 18.0 Å². The Labute approximate surface area is 134 Å². The summed E-state index contributed by atoms with van der Waals surface area (Å²) in [7, 11) is -3.25. The number of alkyl carbamates (subject to hydrolysis) is 1. The molecule has 8 heteroatoms. The highest BCUT2D eigenvalue weighted by molar-refractivity contribution is 7.91. The van der Waals surface area contributed by atoms with Crippen LogP contribution in [0.3, 0.4) is 0 Å². The van der Waals surface area contributed by atoms with Gasteiger partial charge in [0.05, 0.1) is 17.2 Å². The third kappa shape index (κ3) is 4.69. The number of carboxylic acids is 1. The maximum atomic E-state index is 11.9. The van der Waals surface area contributed by atoms with Gasteiger partial charge in [0, 0.05) is 6.26 Å². The first-order valence-electron chi connectivity index (χ1n) is 7.10. The Hall–Kier alpha value is -2.09. The first kappa shape index (κ1) is 17.3. The molecule has 2 N–H and O–H groups in total. The second-order valence-corrected chi connectivity index (χ2v) is 8.22. The number of aliphatic carboxylic acids is 1. The van der Waals surface area contributed by atoms with Gasteiger partial charge in [0.2, 0.25) is 0 Å². The SMILES string of the molecule is CS(=O)(=O)C1CC(CC(=O)O)(NC(=O)OCc2ccccc2)C1. The summed E-state index contributed by atoms with van der Waals surface area (Å²) in [5, 5.41) is 10.9. The van der Waals surface area contributed by atoms with Gasteiger partial charge in [0.15, 0.2) is 0 Å². The molecule has 0 heterocycles. The Morgan fingerprint density at radius 1 is 1.30 bits per heavy atom. The lowest BCUT2D eigenvalue weighted by Gasteiger charge is -2.45. The normalized spacial score (nSPS) is 23.6. The molecule has 126 valence electrons. The highest BCUT2D eigenvalue weighted by Gasteiger charge is 2.51. The average Bonchev–Trinajstić information content (AvgIpc) is 2.41. The predicted octanol–water partition coefficient (Wildman–Crippen LogP) is 1.33. The number of carboxylic acid groups (broad SMARTS) is 1. The molecular weight excluding hydrogens is 322 g/mol. The van der Waals surface area contributed by atoms with E-state index < -0.39 is 32.7 Å². The molecule has 0 radical (unpaired) electrons. The highest BCUT2D eigenvalue weighted by Crippen LogP contribution is 2.39. The van der Waals surface area contributed by atoms with Crippen molar-refractivity contribution < 1.29 is 27.9 Å². The Balaban J connectivity index is 1.93. The van der Waals surface area contributed by atoms with Crippen LogP contribution >= 0.6 is 0 Å². The summed E-state index contributed by atoms with van der Waals surface area (Å²) in [6.45, 7) is 0.0608. The number of benzene rings is 1. The van der Waals surface area contributed by atoms with Crippen molar-refractivity contribution in [1.82, 2.24) is 5.32 Å². The summed E-state index contributed by atoms with van der Waals surface area (Å²) in [4.78, 5) is 22.9. The average molecular weight is 341 g/mol. The lowest BCUT2D eigenvalue weighted by molar-refractivity contribution is -0.139. The van der Waals surface area contributed by atoms with E-state index in [1.165, 1.54) is 0 Å². The molecule has 0 bridgehead atoms. The largest absolute Gasteiger partial charge is 0.481 e. The van der Waals surface area contributed by atoms with Crippen LogP contribution in [0.15, 0.2) is 30.3 Å². The zero-order valence-corrected chi connectivity index (χ0v) is 13.5. The number of amides is 1. The van der Waals surface area contributed by atoms with E-state index in [-0.39, 0.29) is 25.9 Å². The summed E-state index contributed by atoms with van der Waals surface area (Å²) in [6, 6.07) is 9.05. The monoisotopic (exact) mass is 341 g/mol. The molecule has 0 spiro atoms. The second kappa shape index (κ2) is 6.57. The molecule has 1 aliphatic rings. The first-order valence-corrected chi connectivity index (χ1v) is 9.05. The molecule has 0 atom stereocenters. The van der Waals surface area contributed by atoms with Crippen molar-refractivity contribution in [1.29, 1.82) is 0 Å². The van der Waals surface area contributed by atoms with Crippen molar-refractivity contribution in [3.8, 4) is 0 Å². The number of hydrogen-bond acceptors (Lipinski definition) is 5. The van der Waals surface area contributed by atoms with Crippen molar-refractivity contribution in [2.24, 2.45) is 0 Å². The zero-order chi connectivity index (χ0) is 17.1. The molecule has 1 aromatic rings. The van der Waals surface area contributed by atoms with Crippen LogP contribution in [0.5, 0.6) is 0 Å². The topological polar surface area (TPSA) is 110 Å². The van der Waals surface area contributed by atoms with E-state index in [2.05, 4.69) is 5.32 Å². The summed E-state index contributed by atoms with van der Waals surface area (Å²) in [5.74, 6) is -1.10.